The molecule has 0 saturated carbocycles. The van der Waals surface area contributed by atoms with Gasteiger partial charge in [0.2, 0.25) is 5.88 Å². The summed E-state index contributed by atoms with van der Waals surface area (Å²) in [6.45, 7) is 2.04. The van der Waals surface area contributed by atoms with Crippen molar-refractivity contribution in [1.29, 1.82) is 0 Å². The van der Waals surface area contributed by atoms with Gasteiger partial charge in [0, 0.05) is 16.7 Å². The lowest BCUT2D eigenvalue weighted by atomic mass is 9.96. The second kappa shape index (κ2) is 8.24. The predicted molar refractivity (Wildman–Crippen MR) is 131 cm³/mol. The summed E-state index contributed by atoms with van der Waals surface area (Å²) >= 11 is 0. The standard InChI is InChI=1S/C27H21N3O3/c1-2-17-12-14-19(15-13-17)30-26(32)22(25(31)29-27(30)33)16-21-20-10-6-7-11-23(20)28-24(21)18-8-4-3-5-9-18/h3-16,32H,2H2,1H3,(H,29,31,33)/b21-16+. The van der Waals surface area contributed by atoms with Gasteiger partial charge in [-0.05, 0) is 36.3 Å². The SMILES string of the molecule is CCc1ccc(-n2c(O)c(/C=C3/C(c4ccccc4)=Nc4ccccc43)c(=O)[nH]c2=O)cc1. The van der Waals surface area contributed by atoms with Crippen LogP contribution >= 0.6 is 0 Å². The summed E-state index contributed by atoms with van der Waals surface area (Å²) in [4.78, 5) is 32.5. The van der Waals surface area contributed by atoms with Crippen LogP contribution in [0, 0.1) is 0 Å². The van der Waals surface area contributed by atoms with Crippen LogP contribution in [0.4, 0.5) is 5.69 Å². The molecule has 0 saturated heterocycles. The molecule has 1 aliphatic heterocycles. The first-order chi connectivity index (χ1) is 16.1. The van der Waals surface area contributed by atoms with E-state index in [0.29, 0.717) is 17.0 Å². The second-order valence-corrected chi connectivity index (χ2v) is 7.75. The summed E-state index contributed by atoms with van der Waals surface area (Å²) < 4.78 is 1.10. The van der Waals surface area contributed by atoms with E-state index in [0.717, 1.165) is 33.4 Å². The lowest BCUT2D eigenvalue weighted by Crippen LogP contribution is -2.30. The van der Waals surface area contributed by atoms with Crippen LogP contribution in [0.5, 0.6) is 5.88 Å². The molecule has 1 aliphatic rings. The average molecular weight is 435 g/mol. The molecule has 6 heteroatoms. The minimum absolute atomic E-state index is 0.00972. The van der Waals surface area contributed by atoms with Gasteiger partial charge < -0.3 is 5.11 Å². The zero-order valence-electron chi connectivity index (χ0n) is 17.9. The van der Waals surface area contributed by atoms with Crippen LogP contribution < -0.4 is 11.2 Å². The first-order valence-corrected chi connectivity index (χ1v) is 10.7. The largest absolute Gasteiger partial charge is 0.494 e. The Morgan fingerprint density at radius 2 is 1.64 bits per heavy atom. The maximum absolute atomic E-state index is 12.8. The fraction of sp³-hybridized carbons (Fsp3) is 0.0741. The van der Waals surface area contributed by atoms with Crippen molar-refractivity contribution >= 4 is 23.0 Å². The van der Waals surface area contributed by atoms with Crippen LogP contribution in [0.2, 0.25) is 0 Å². The van der Waals surface area contributed by atoms with E-state index in [4.69, 9.17) is 4.99 Å². The molecule has 0 amide bonds. The van der Waals surface area contributed by atoms with Crippen LogP contribution in [0.25, 0.3) is 17.3 Å². The molecule has 3 aromatic carbocycles. The van der Waals surface area contributed by atoms with Crippen molar-refractivity contribution in [1.82, 2.24) is 9.55 Å². The summed E-state index contributed by atoms with van der Waals surface area (Å²) in [7, 11) is 0. The fourth-order valence-electron chi connectivity index (χ4n) is 4.00. The van der Waals surface area contributed by atoms with Crippen molar-refractivity contribution in [2.75, 3.05) is 0 Å². The average Bonchev–Trinajstić information content (AvgIpc) is 3.21. The monoisotopic (exact) mass is 435 g/mol. The van der Waals surface area contributed by atoms with Crippen molar-refractivity contribution in [2.24, 2.45) is 4.99 Å². The highest BCUT2D eigenvalue weighted by molar-refractivity contribution is 6.39. The van der Waals surface area contributed by atoms with Gasteiger partial charge in [0.25, 0.3) is 5.56 Å². The first-order valence-electron chi connectivity index (χ1n) is 10.7. The summed E-state index contributed by atoms with van der Waals surface area (Å²) in [6, 6.07) is 24.5. The Hall–Kier alpha value is -4.45. The Labute approximate surface area is 189 Å². The topological polar surface area (TPSA) is 87.4 Å². The molecule has 4 aromatic rings. The number of fused-ring (bicyclic) bond motifs is 1. The minimum Gasteiger partial charge on any atom is -0.494 e. The van der Waals surface area contributed by atoms with Crippen molar-refractivity contribution in [3.8, 4) is 11.6 Å². The number of H-pyrrole nitrogens is 1. The zero-order valence-corrected chi connectivity index (χ0v) is 17.9. The van der Waals surface area contributed by atoms with Crippen LogP contribution in [-0.4, -0.2) is 20.4 Å². The van der Waals surface area contributed by atoms with Gasteiger partial charge >= 0.3 is 5.69 Å². The molecule has 33 heavy (non-hydrogen) atoms. The van der Waals surface area contributed by atoms with Gasteiger partial charge in [-0.25, -0.2) is 14.4 Å². The number of hydrogen-bond donors (Lipinski definition) is 2. The molecule has 0 unspecified atom stereocenters. The van der Waals surface area contributed by atoms with Gasteiger partial charge in [-0.1, -0.05) is 67.6 Å². The summed E-state index contributed by atoms with van der Waals surface area (Å²) in [5.74, 6) is -0.419. The molecular formula is C27H21N3O3. The van der Waals surface area contributed by atoms with Gasteiger partial charge in [-0.3, -0.25) is 9.78 Å². The molecule has 5 rings (SSSR count). The van der Waals surface area contributed by atoms with E-state index in [-0.39, 0.29) is 5.56 Å². The lowest BCUT2D eigenvalue weighted by Gasteiger charge is -2.12. The molecule has 6 nitrogen and oxygen atoms in total. The number of aromatic hydroxyl groups is 1. The lowest BCUT2D eigenvalue weighted by molar-refractivity contribution is 0.429. The second-order valence-electron chi connectivity index (χ2n) is 7.75. The maximum Gasteiger partial charge on any atom is 0.335 e. The Balaban J connectivity index is 1.72. The number of benzene rings is 3. The number of hydrogen-bond acceptors (Lipinski definition) is 4. The molecule has 0 atom stereocenters. The van der Waals surface area contributed by atoms with E-state index in [2.05, 4.69) is 4.98 Å². The number of aromatic nitrogens is 2. The molecule has 1 aromatic heterocycles. The van der Waals surface area contributed by atoms with E-state index in [9.17, 15) is 14.7 Å². The highest BCUT2D eigenvalue weighted by atomic mass is 16.3. The number of allylic oxidation sites excluding steroid dienone is 1. The van der Waals surface area contributed by atoms with Crippen molar-refractivity contribution < 1.29 is 5.11 Å². The van der Waals surface area contributed by atoms with Crippen LogP contribution in [-0.2, 0) is 6.42 Å². The van der Waals surface area contributed by atoms with Gasteiger partial charge in [0.1, 0.15) is 5.56 Å². The van der Waals surface area contributed by atoms with E-state index in [1.807, 2.05) is 73.7 Å². The van der Waals surface area contributed by atoms with Crippen molar-refractivity contribution in [3.63, 3.8) is 0 Å². The maximum atomic E-state index is 12.8. The zero-order chi connectivity index (χ0) is 22.9. The molecule has 162 valence electrons. The normalized spacial score (nSPS) is 13.7. The number of aryl methyl sites for hydroxylation is 1. The molecule has 2 heterocycles. The Bertz CT molecular complexity index is 1530. The number of aliphatic imine (C=N–C) groups is 1. The summed E-state index contributed by atoms with van der Waals surface area (Å²) in [6.07, 6.45) is 2.45. The smallest absolute Gasteiger partial charge is 0.335 e. The van der Waals surface area contributed by atoms with Crippen LogP contribution in [0.3, 0.4) is 0 Å². The quantitative estimate of drug-likeness (QED) is 0.496. The van der Waals surface area contributed by atoms with Crippen LogP contribution in [0.1, 0.15) is 29.2 Å². The highest BCUT2D eigenvalue weighted by Crippen LogP contribution is 2.38. The summed E-state index contributed by atoms with van der Waals surface area (Å²) in [5.41, 5.74) is 4.10. The highest BCUT2D eigenvalue weighted by Gasteiger charge is 2.24. The van der Waals surface area contributed by atoms with Gasteiger partial charge in [0.15, 0.2) is 0 Å². The number of nitrogens with zero attached hydrogens (tertiary/aromatic N) is 2. The number of aromatic amines is 1. The molecule has 0 radical (unpaired) electrons. The third-order valence-corrected chi connectivity index (χ3v) is 5.74. The molecule has 0 fully saturated rings. The minimum atomic E-state index is -0.701. The van der Waals surface area contributed by atoms with Crippen LogP contribution in [0.15, 0.2) is 93.4 Å². The van der Waals surface area contributed by atoms with Crippen molar-refractivity contribution in [2.45, 2.75) is 13.3 Å². The molecule has 0 spiro atoms. The van der Waals surface area contributed by atoms with Gasteiger partial charge in [-0.2, -0.15) is 0 Å². The van der Waals surface area contributed by atoms with Gasteiger partial charge in [0.05, 0.1) is 17.1 Å². The first kappa shape index (κ1) is 20.5. The molecular weight excluding hydrogens is 414 g/mol. The number of nitrogens with one attached hydrogen (secondary N) is 1. The van der Waals surface area contributed by atoms with Crippen molar-refractivity contribution in [3.05, 3.63) is 122 Å². The van der Waals surface area contributed by atoms with Gasteiger partial charge in [-0.15, -0.1) is 0 Å². The fourth-order valence-corrected chi connectivity index (χ4v) is 4.00. The summed E-state index contributed by atoms with van der Waals surface area (Å²) in [5, 5.41) is 11.1. The third-order valence-electron chi connectivity index (χ3n) is 5.74. The van der Waals surface area contributed by atoms with E-state index in [1.165, 1.54) is 0 Å². The Kier molecular flexibility index (Phi) is 5.11. The number of rotatable bonds is 4. The number of para-hydroxylation sites is 1. The van der Waals surface area contributed by atoms with E-state index in [1.54, 1.807) is 18.2 Å². The van der Waals surface area contributed by atoms with E-state index < -0.39 is 17.1 Å². The Morgan fingerprint density at radius 3 is 2.36 bits per heavy atom. The predicted octanol–water partition coefficient (Wildman–Crippen LogP) is 4.47. The molecule has 0 bridgehead atoms. The third kappa shape index (κ3) is 3.61. The molecule has 2 N–H and O–H groups in total. The van der Waals surface area contributed by atoms with E-state index >= 15 is 0 Å². The Morgan fingerprint density at radius 1 is 0.939 bits per heavy atom. The molecule has 0 aliphatic carbocycles.